The average Bonchev–Trinajstić information content (AvgIpc) is 2.82. The van der Waals surface area contributed by atoms with Crippen molar-refractivity contribution >= 4 is 11.9 Å². The number of aryl methyl sites for hydroxylation is 1. The first-order chi connectivity index (χ1) is 15.1. The van der Waals surface area contributed by atoms with Crippen LogP contribution < -0.4 is 5.73 Å². The number of rotatable bonds is 5. The van der Waals surface area contributed by atoms with Gasteiger partial charge in [0.05, 0.1) is 0 Å². The van der Waals surface area contributed by atoms with Crippen LogP contribution in [0.3, 0.4) is 0 Å². The molecule has 0 bridgehead atoms. The van der Waals surface area contributed by atoms with Gasteiger partial charge in [0.1, 0.15) is 5.84 Å². The van der Waals surface area contributed by atoms with E-state index in [0.29, 0.717) is 0 Å². The van der Waals surface area contributed by atoms with Crippen LogP contribution in [0.2, 0.25) is 0 Å². The molecule has 2 heteroatoms. The predicted molar refractivity (Wildman–Crippen MR) is 133 cm³/mol. The number of benzene rings is 4. The molecule has 4 aromatic carbocycles. The van der Waals surface area contributed by atoms with Gasteiger partial charge in [0.25, 0.3) is 0 Å². The summed E-state index contributed by atoms with van der Waals surface area (Å²) in [4.78, 5) is 0. The van der Waals surface area contributed by atoms with E-state index < -0.39 is 0 Å². The highest BCUT2D eigenvalue weighted by molar-refractivity contribution is 5.94. The van der Waals surface area contributed by atoms with Crippen LogP contribution in [-0.2, 0) is 6.42 Å². The lowest BCUT2D eigenvalue weighted by Crippen LogP contribution is -2.10. The van der Waals surface area contributed by atoms with Crippen molar-refractivity contribution in [3.8, 4) is 11.1 Å². The summed E-state index contributed by atoms with van der Waals surface area (Å²) in [5.41, 5.74) is 12.4. The lowest BCUT2D eigenvalue weighted by atomic mass is 10.0. The molecular formula is C29H28N2. The van der Waals surface area contributed by atoms with Crippen molar-refractivity contribution in [2.75, 3.05) is 0 Å². The second-order valence-corrected chi connectivity index (χ2v) is 7.36. The lowest BCUT2D eigenvalue weighted by molar-refractivity contribution is 1.28. The van der Waals surface area contributed by atoms with E-state index in [2.05, 4.69) is 97.9 Å². The van der Waals surface area contributed by atoms with E-state index in [0.717, 1.165) is 12.0 Å². The van der Waals surface area contributed by atoms with Crippen molar-refractivity contribution in [3.05, 3.63) is 138 Å². The maximum Gasteiger partial charge on any atom is 0.122 e. The van der Waals surface area contributed by atoms with Crippen LogP contribution in [0, 0.1) is 12.3 Å². The standard InChI is InChI=1S/C22H20.C7H8N2/c1-18-10-14-21(15-11-18)22-16-12-20(13-17-22)9-5-8-19-6-3-2-4-7-19;8-7(9)6-4-2-1-3-5-6/h2-7,9-17H,8H2,1H3;1-5H,(H3,8,9)/b9-5+;. The van der Waals surface area contributed by atoms with Gasteiger partial charge in [0, 0.05) is 5.56 Å². The number of nitrogens with two attached hydrogens (primary N) is 1. The van der Waals surface area contributed by atoms with Crippen molar-refractivity contribution in [2.45, 2.75) is 13.3 Å². The minimum atomic E-state index is 0.121. The molecule has 3 N–H and O–H groups in total. The van der Waals surface area contributed by atoms with Crippen LogP contribution in [-0.4, -0.2) is 5.84 Å². The minimum Gasteiger partial charge on any atom is -0.384 e. The van der Waals surface area contributed by atoms with Gasteiger partial charge in [-0.1, -0.05) is 127 Å². The highest BCUT2D eigenvalue weighted by atomic mass is 14.7. The third-order valence-electron chi connectivity index (χ3n) is 4.89. The summed E-state index contributed by atoms with van der Waals surface area (Å²) in [5.74, 6) is 0.121. The molecule has 0 fully saturated rings. The molecule has 0 aliphatic heterocycles. The van der Waals surface area contributed by atoms with Gasteiger partial charge >= 0.3 is 0 Å². The molecule has 0 aliphatic rings. The second kappa shape index (κ2) is 11.3. The van der Waals surface area contributed by atoms with Crippen LogP contribution in [0.15, 0.2) is 115 Å². The maximum atomic E-state index is 7.01. The van der Waals surface area contributed by atoms with E-state index in [9.17, 15) is 0 Å². The van der Waals surface area contributed by atoms with Crippen LogP contribution in [0.1, 0.15) is 22.3 Å². The number of hydrogen-bond donors (Lipinski definition) is 2. The Balaban J connectivity index is 0.000000254. The minimum absolute atomic E-state index is 0.121. The average molecular weight is 405 g/mol. The molecular weight excluding hydrogens is 376 g/mol. The molecule has 0 heterocycles. The van der Waals surface area contributed by atoms with Gasteiger partial charge < -0.3 is 5.73 Å². The van der Waals surface area contributed by atoms with Gasteiger partial charge in [-0.2, -0.15) is 0 Å². The Morgan fingerprint density at radius 3 is 1.74 bits per heavy atom. The lowest BCUT2D eigenvalue weighted by Gasteiger charge is -2.03. The number of nitrogens with one attached hydrogen (secondary N) is 1. The van der Waals surface area contributed by atoms with Gasteiger partial charge in [-0.3, -0.25) is 5.41 Å². The largest absolute Gasteiger partial charge is 0.384 e. The Morgan fingerprint density at radius 1 is 0.710 bits per heavy atom. The molecule has 31 heavy (non-hydrogen) atoms. The SMILES string of the molecule is Cc1ccc(-c2ccc(/C=C/Cc3ccccc3)cc2)cc1.N=C(N)c1ccccc1. The Kier molecular flexibility index (Phi) is 7.96. The van der Waals surface area contributed by atoms with E-state index >= 15 is 0 Å². The summed E-state index contributed by atoms with van der Waals surface area (Å²) in [6, 6.07) is 37.2. The highest BCUT2D eigenvalue weighted by Gasteiger charge is 1.97. The Bertz CT molecular complexity index is 1100. The normalized spacial score (nSPS) is 10.4. The van der Waals surface area contributed by atoms with Gasteiger partial charge in [-0.05, 0) is 35.6 Å². The summed E-state index contributed by atoms with van der Waals surface area (Å²) in [7, 11) is 0. The van der Waals surface area contributed by atoms with Crippen LogP contribution in [0.4, 0.5) is 0 Å². The van der Waals surface area contributed by atoms with Crippen LogP contribution in [0.25, 0.3) is 17.2 Å². The summed E-state index contributed by atoms with van der Waals surface area (Å²) >= 11 is 0. The van der Waals surface area contributed by atoms with Crippen molar-refractivity contribution in [3.63, 3.8) is 0 Å². The zero-order chi connectivity index (χ0) is 21.9. The summed E-state index contributed by atoms with van der Waals surface area (Å²) < 4.78 is 0. The maximum absolute atomic E-state index is 7.01. The molecule has 0 unspecified atom stereocenters. The summed E-state index contributed by atoms with van der Waals surface area (Å²) in [6.45, 7) is 2.12. The van der Waals surface area contributed by atoms with Crippen molar-refractivity contribution in [2.24, 2.45) is 5.73 Å². The summed E-state index contributed by atoms with van der Waals surface area (Å²) in [6.07, 6.45) is 5.38. The van der Waals surface area contributed by atoms with E-state index in [-0.39, 0.29) is 5.84 Å². The monoisotopic (exact) mass is 404 g/mol. The van der Waals surface area contributed by atoms with Gasteiger partial charge in [0.15, 0.2) is 0 Å². The fraction of sp³-hybridized carbons (Fsp3) is 0.0690. The molecule has 0 saturated carbocycles. The first-order valence-electron chi connectivity index (χ1n) is 10.4. The molecule has 4 rings (SSSR count). The van der Waals surface area contributed by atoms with Gasteiger partial charge in [0.2, 0.25) is 0 Å². The van der Waals surface area contributed by atoms with E-state index in [4.69, 9.17) is 11.1 Å². The molecule has 2 nitrogen and oxygen atoms in total. The zero-order valence-corrected chi connectivity index (χ0v) is 17.8. The third kappa shape index (κ3) is 7.13. The number of nitrogen functional groups attached to an aromatic ring is 1. The van der Waals surface area contributed by atoms with Crippen molar-refractivity contribution in [1.29, 1.82) is 5.41 Å². The Morgan fingerprint density at radius 2 is 1.23 bits per heavy atom. The molecule has 0 atom stereocenters. The highest BCUT2D eigenvalue weighted by Crippen LogP contribution is 2.20. The first kappa shape index (κ1) is 21.8. The molecule has 0 aliphatic carbocycles. The smallest absolute Gasteiger partial charge is 0.122 e. The Hall–Kier alpha value is -3.91. The van der Waals surface area contributed by atoms with Crippen molar-refractivity contribution < 1.29 is 0 Å². The van der Waals surface area contributed by atoms with Crippen LogP contribution in [0.5, 0.6) is 0 Å². The molecule has 154 valence electrons. The zero-order valence-electron chi connectivity index (χ0n) is 17.8. The Labute approximate surface area is 185 Å². The van der Waals surface area contributed by atoms with Crippen molar-refractivity contribution in [1.82, 2.24) is 0 Å². The van der Waals surface area contributed by atoms with Gasteiger partial charge in [-0.25, -0.2) is 0 Å². The second-order valence-electron chi connectivity index (χ2n) is 7.36. The quantitative estimate of drug-likeness (QED) is 0.276. The molecule has 0 radical (unpaired) electrons. The van der Waals surface area contributed by atoms with E-state index in [1.54, 1.807) is 0 Å². The molecule has 0 saturated heterocycles. The predicted octanol–water partition coefficient (Wildman–Crippen LogP) is 6.89. The molecule has 0 aromatic heterocycles. The molecule has 4 aromatic rings. The number of amidine groups is 1. The molecule has 0 spiro atoms. The summed E-state index contributed by atoms with van der Waals surface area (Å²) in [5, 5.41) is 7.01. The fourth-order valence-corrected chi connectivity index (χ4v) is 3.10. The number of allylic oxidation sites excluding steroid dienone is 1. The fourth-order valence-electron chi connectivity index (χ4n) is 3.10. The third-order valence-corrected chi connectivity index (χ3v) is 4.89. The van der Waals surface area contributed by atoms with Crippen LogP contribution >= 0.6 is 0 Å². The van der Waals surface area contributed by atoms with E-state index in [1.165, 1.54) is 27.8 Å². The first-order valence-corrected chi connectivity index (χ1v) is 10.4. The van der Waals surface area contributed by atoms with E-state index in [1.807, 2.05) is 30.3 Å². The van der Waals surface area contributed by atoms with Gasteiger partial charge in [-0.15, -0.1) is 0 Å². The topological polar surface area (TPSA) is 49.9 Å². The number of hydrogen-bond acceptors (Lipinski definition) is 1. The molecule has 0 amide bonds.